The Hall–Kier alpha value is -2.97. The van der Waals surface area contributed by atoms with E-state index in [9.17, 15) is 18.0 Å². The van der Waals surface area contributed by atoms with Gasteiger partial charge in [-0.2, -0.15) is 13.2 Å². The van der Waals surface area contributed by atoms with Gasteiger partial charge in [0.25, 0.3) is 0 Å². The SMILES string of the molecule is CN(CCOc1ccccc1)C(=O)Nc1ccnc(OCC(F)(F)F)c1. The van der Waals surface area contributed by atoms with E-state index in [1.54, 1.807) is 19.2 Å². The van der Waals surface area contributed by atoms with Crippen molar-refractivity contribution >= 4 is 11.7 Å². The van der Waals surface area contributed by atoms with Gasteiger partial charge < -0.3 is 19.7 Å². The molecular weight excluding hydrogens is 351 g/mol. The minimum Gasteiger partial charge on any atom is -0.492 e. The van der Waals surface area contributed by atoms with Gasteiger partial charge in [-0.25, -0.2) is 9.78 Å². The van der Waals surface area contributed by atoms with Crippen LogP contribution in [0.3, 0.4) is 0 Å². The number of halogens is 3. The summed E-state index contributed by atoms with van der Waals surface area (Å²) >= 11 is 0. The predicted molar refractivity (Wildman–Crippen MR) is 89.4 cm³/mol. The molecule has 2 amide bonds. The average Bonchev–Trinajstić information content (AvgIpc) is 2.60. The number of urea groups is 1. The number of pyridine rings is 1. The minimum atomic E-state index is -4.46. The third kappa shape index (κ3) is 6.88. The maximum atomic E-state index is 12.2. The first-order valence-corrected chi connectivity index (χ1v) is 7.69. The first-order chi connectivity index (χ1) is 12.3. The molecule has 0 saturated heterocycles. The zero-order valence-electron chi connectivity index (χ0n) is 14.0. The predicted octanol–water partition coefficient (Wildman–Crippen LogP) is 3.57. The molecule has 0 atom stereocenters. The van der Waals surface area contributed by atoms with E-state index >= 15 is 0 Å². The lowest BCUT2D eigenvalue weighted by atomic mass is 10.3. The highest BCUT2D eigenvalue weighted by atomic mass is 19.4. The Morgan fingerprint density at radius 1 is 1.19 bits per heavy atom. The number of aromatic nitrogens is 1. The number of likely N-dealkylation sites (N-methyl/N-ethyl adjacent to an activating group) is 1. The summed E-state index contributed by atoms with van der Waals surface area (Å²) in [5.41, 5.74) is 0.276. The van der Waals surface area contributed by atoms with Crippen LogP contribution in [0.25, 0.3) is 0 Å². The van der Waals surface area contributed by atoms with Crippen LogP contribution >= 0.6 is 0 Å². The van der Waals surface area contributed by atoms with Crippen molar-refractivity contribution in [3.8, 4) is 11.6 Å². The van der Waals surface area contributed by atoms with E-state index in [-0.39, 0.29) is 11.6 Å². The molecular formula is C17H18F3N3O3. The first kappa shape index (κ1) is 19.4. The Morgan fingerprint density at radius 3 is 2.62 bits per heavy atom. The van der Waals surface area contributed by atoms with Gasteiger partial charge in [0.05, 0.1) is 6.54 Å². The maximum absolute atomic E-state index is 12.2. The smallest absolute Gasteiger partial charge is 0.422 e. The van der Waals surface area contributed by atoms with Crippen LogP contribution in [-0.2, 0) is 0 Å². The summed E-state index contributed by atoms with van der Waals surface area (Å²) in [6.45, 7) is -0.832. The fraction of sp³-hybridized carbons (Fsp3) is 0.294. The van der Waals surface area contributed by atoms with Crippen molar-refractivity contribution in [3.63, 3.8) is 0 Å². The molecule has 0 radical (unpaired) electrons. The second kappa shape index (κ2) is 8.93. The molecule has 0 unspecified atom stereocenters. The molecule has 0 spiro atoms. The zero-order valence-corrected chi connectivity index (χ0v) is 14.0. The van der Waals surface area contributed by atoms with Gasteiger partial charge in [0.1, 0.15) is 12.4 Å². The quantitative estimate of drug-likeness (QED) is 0.811. The van der Waals surface area contributed by atoms with E-state index in [0.29, 0.717) is 18.9 Å². The number of carbonyl (C=O) groups excluding carboxylic acids is 1. The number of alkyl halides is 3. The number of carbonyl (C=O) groups is 1. The number of hydrogen-bond donors (Lipinski definition) is 1. The largest absolute Gasteiger partial charge is 0.492 e. The van der Waals surface area contributed by atoms with Crippen molar-refractivity contribution in [3.05, 3.63) is 48.7 Å². The van der Waals surface area contributed by atoms with Crippen molar-refractivity contribution in [1.29, 1.82) is 0 Å². The second-order valence-corrected chi connectivity index (χ2v) is 5.30. The lowest BCUT2D eigenvalue weighted by molar-refractivity contribution is -0.154. The molecule has 0 saturated carbocycles. The van der Waals surface area contributed by atoms with Gasteiger partial charge in [0.2, 0.25) is 5.88 Å². The number of hydrogen-bond acceptors (Lipinski definition) is 4. The van der Waals surface area contributed by atoms with Crippen molar-refractivity contribution in [2.45, 2.75) is 6.18 Å². The molecule has 1 N–H and O–H groups in total. The van der Waals surface area contributed by atoms with Gasteiger partial charge in [0, 0.05) is 25.0 Å². The number of ether oxygens (including phenoxy) is 2. The van der Waals surface area contributed by atoms with E-state index in [1.165, 1.54) is 23.2 Å². The lowest BCUT2D eigenvalue weighted by Crippen LogP contribution is -2.34. The minimum absolute atomic E-state index is 0.227. The fourth-order valence-electron chi connectivity index (χ4n) is 1.86. The molecule has 0 fully saturated rings. The summed E-state index contributed by atoms with van der Waals surface area (Å²) in [5.74, 6) is 0.470. The van der Waals surface area contributed by atoms with Crippen LogP contribution in [-0.4, -0.2) is 48.9 Å². The number of benzene rings is 1. The van der Waals surface area contributed by atoms with Crippen LogP contribution < -0.4 is 14.8 Å². The second-order valence-electron chi connectivity index (χ2n) is 5.30. The van der Waals surface area contributed by atoms with Crippen LogP contribution in [0.5, 0.6) is 11.6 Å². The number of nitrogens with zero attached hydrogens (tertiary/aromatic N) is 2. The Kier molecular flexibility index (Phi) is 6.65. The maximum Gasteiger partial charge on any atom is 0.422 e. The molecule has 1 aromatic carbocycles. The van der Waals surface area contributed by atoms with E-state index < -0.39 is 18.8 Å². The molecule has 6 nitrogen and oxygen atoms in total. The number of anilines is 1. The standard InChI is InChI=1S/C17H18F3N3O3/c1-23(9-10-25-14-5-3-2-4-6-14)16(24)22-13-7-8-21-15(11-13)26-12-17(18,19)20/h2-8,11H,9-10,12H2,1H3,(H,21,22,24). The molecule has 26 heavy (non-hydrogen) atoms. The summed E-state index contributed by atoms with van der Waals surface area (Å²) in [6.07, 6.45) is -3.21. The Bertz CT molecular complexity index is 711. The number of para-hydroxylation sites is 1. The molecule has 1 aromatic heterocycles. The topological polar surface area (TPSA) is 63.7 Å². The molecule has 0 bridgehead atoms. The van der Waals surface area contributed by atoms with E-state index in [1.807, 2.05) is 18.2 Å². The van der Waals surface area contributed by atoms with Gasteiger partial charge in [-0.1, -0.05) is 18.2 Å². The highest BCUT2D eigenvalue weighted by Crippen LogP contribution is 2.19. The van der Waals surface area contributed by atoms with Gasteiger partial charge >= 0.3 is 12.2 Å². The van der Waals surface area contributed by atoms with Gasteiger partial charge in [-0.05, 0) is 18.2 Å². The zero-order chi connectivity index (χ0) is 19.0. The molecule has 0 aliphatic heterocycles. The van der Waals surface area contributed by atoms with E-state index in [0.717, 1.165) is 0 Å². The molecule has 9 heteroatoms. The summed E-state index contributed by atoms with van der Waals surface area (Å²) in [5, 5.41) is 2.56. The van der Waals surface area contributed by atoms with E-state index in [4.69, 9.17) is 4.74 Å². The molecule has 0 aliphatic rings. The monoisotopic (exact) mass is 369 g/mol. The number of nitrogens with one attached hydrogen (secondary N) is 1. The van der Waals surface area contributed by atoms with Crippen LogP contribution in [0.15, 0.2) is 48.7 Å². The van der Waals surface area contributed by atoms with Gasteiger partial charge in [0.15, 0.2) is 6.61 Å². The number of rotatable bonds is 7. The highest BCUT2D eigenvalue weighted by Gasteiger charge is 2.28. The van der Waals surface area contributed by atoms with Crippen molar-refractivity contribution < 1.29 is 27.4 Å². The van der Waals surface area contributed by atoms with Gasteiger partial charge in [-0.15, -0.1) is 0 Å². The van der Waals surface area contributed by atoms with Crippen LogP contribution in [0, 0.1) is 0 Å². The highest BCUT2D eigenvalue weighted by molar-refractivity contribution is 5.89. The fourth-order valence-corrected chi connectivity index (χ4v) is 1.86. The molecule has 0 aliphatic carbocycles. The van der Waals surface area contributed by atoms with Gasteiger partial charge in [-0.3, -0.25) is 0 Å². The Labute approximate surface area is 148 Å². The average molecular weight is 369 g/mol. The van der Waals surface area contributed by atoms with Crippen LogP contribution in [0.1, 0.15) is 0 Å². The summed E-state index contributed by atoms with van der Waals surface area (Å²) in [6, 6.07) is 11.4. The Morgan fingerprint density at radius 2 is 1.92 bits per heavy atom. The van der Waals surface area contributed by atoms with Crippen LogP contribution in [0.2, 0.25) is 0 Å². The van der Waals surface area contributed by atoms with Crippen molar-refractivity contribution in [1.82, 2.24) is 9.88 Å². The summed E-state index contributed by atoms with van der Waals surface area (Å²) < 4.78 is 46.5. The third-order valence-electron chi connectivity index (χ3n) is 3.16. The van der Waals surface area contributed by atoms with E-state index in [2.05, 4.69) is 15.0 Å². The first-order valence-electron chi connectivity index (χ1n) is 7.69. The molecule has 140 valence electrons. The van der Waals surface area contributed by atoms with Crippen LogP contribution in [0.4, 0.5) is 23.7 Å². The molecule has 1 heterocycles. The molecule has 2 rings (SSSR count). The normalized spacial score (nSPS) is 10.9. The number of amides is 2. The summed E-state index contributed by atoms with van der Waals surface area (Å²) in [4.78, 5) is 17.2. The summed E-state index contributed by atoms with van der Waals surface area (Å²) in [7, 11) is 1.58. The molecule has 2 aromatic rings. The Balaban J connectivity index is 1.80. The lowest BCUT2D eigenvalue weighted by Gasteiger charge is -2.18. The third-order valence-corrected chi connectivity index (χ3v) is 3.16. The van der Waals surface area contributed by atoms with Crippen molar-refractivity contribution in [2.75, 3.05) is 32.1 Å². The van der Waals surface area contributed by atoms with Crippen molar-refractivity contribution in [2.24, 2.45) is 0 Å².